The third-order valence-corrected chi connectivity index (χ3v) is 2.94. The molecule has 1 atom stereocenters. The van der Waals surface area contributed by atoms with Crippen molar-refractivity contribution in [2.45, 2.75) is 0 Å². The maximum Gasteiger partial charge on any atom is 1.00 e. The van der Waals surface area contributed by atoms with Gasteiger partial charge >= 0.3 is 29.6 Å². The summed E-state index contributed by atoms with van der Waals surface area (Å²) < 4.78 is 12.9. The Labute approximate surface area is 115 Å². The molecule has 16 heavy (non-hydrogen) atoms. The van der Waals surface area contributed by atoms with E-state index in [-0.39, 0.29) is 35.1 Å². The average Bonchev–Trinajstić information content (AvgIpc) is 2.67. The van der Waals surface area contributed by atoms with E-state index in [4.69, 9.17) is 0 Å². The zero-order valence-corrected chi connectivity index (χ0v) is 12.0. The second kappa shape index (κ2) is 5.25. The fraction of sp³-hybridized carbons (Fsp3) is 0.111. The van der Waals surface area contributed by atoms with Crippen LogP contribution in [0.1, 0.15) is 0 Å². The molecule has 1 unspecified atom stereocenters. The standard InChI is InChI=1S/C9H10N3O2P.Na/c1-15(13,14)9-11-6-7-12(9)8-4-2-3-5-10-8;/h2-7H,1H3,(H,13,14);/q;+1/p-1. The van der Waals surface area contributed by atoms with Crippen molar-refractivity contribution < 1.29 is 39.0 Å². The van der Waals surface area contributed by atoms with E-state index in [0.29, 0.717) is 5.82 Å². The number of pyridine rings is 1. The first-order valence-corrected chi connectivity index (χ1v) is 6.40. The zero-order chi connectivity index (χ0) is 10.9. The molecule has 78 valence electrons. The Balaban J connectivity index is 0.00000128. The summed E-state index contributed by atoms with van der Waals surface area (Å²) >= 11 is 0. The van der Waals surface area contributed by atoms with Crippen LogP contribution in [0, 0.1) is 0 Å². The fourth-order valence-corrected chi connectivity index (χ4v) is 2.11. The summed E-state index contributed by atoms with van der Waals surface area (Å²) in [5.41, 5.74) is 0.0289. The normalized spacial score (nSPS) is 13.9. The second-order valence-corrected chi connectivity index (χ2v) is 5.22. The topological polar surface area (TPSA) is 70.8 Å². The summed E-state index contributed by atoms with van der Waals surface area (Å²) in [5.74, 6) is 0.544. The molecule has 0 aliphatic carbocycles. The molecule has 0 saturated heterocycles. The SMILES string of the molecule is CP(=O)([O-])c1nccn1-c1ccccn1.[Na+]. The predicted molar refractivity (Wildman–Crippen MR) is 54.5 cm³/mol. The number of nitrogens with zero attached hydrogens (tertiary/aromatic N) is 3. The fourth-order valence-electron chi connectivity index (χ4n) is 1.27. The summed E-state index contributed by atoms with van der Waals surface area (Å²) in [6, 6.07) is 5.28. The Bertz CT molecular complexity index is 508. The monoisotopic (exact) mass is 245 g/mol. The number of rotatable bonds is 2. The molecule has 0 radical (unpaired) electrons. The Kier molecular flexibility index (Phi) is 4.47. The van der Waals surface area contributed by atoms with Gasteiger partial charge in [0.2, 0.25) is 0 Å². The number of imidazole rings is 1. The van der Waals surface area contributed by atoms with Gasteiger partial charge in [0.25, 0.3) is 0 Å². The quantitative estimate of drug-likeness (QED) is 0.422. The van der Waals surface area contributed by atoms with Gasteiger partial charge in [0.05, 0.1) is 7.37 Å². The van der Waals surface area contributed by atoms with Crippen LogP contribution >= 0.6 is 7.37 Å². The Hall–Kier alpha value is -0.450. The average molecular weight is 245 g/mol. The van der Waals surface area contributed by atoms with Crippen LogP contribution in [0.25, 0.3) is 5.82 Å². The molecule has 0 aliphatic heterocycles. The van der Waals surface area contributed by atoms with Crippen LogP contribution in [0.4, 0.5) is 0 Å². The number of hydrogen-bond donors (Lipinski definition) is 0. The van der Waals surface area contributed by atoms with E-state index in [1.165, 1.54) is 10.8 Å². The number of aromatic nitrogens is 3. The maximum atomic E-state index is 11.4. The molecule has 0 N–H and O–H groups in total. The van der Waals surface area contributed by atoms with Gasteiger partial charge in [0.15, 0.2) is 5.57 Å². The van der Waals surface area contributed by atoms with Gasteiger partial charge in [-0.1, -0.05) is 6.07 Å². The van der Waals surface area contributed by atoms with E-state index in [1.807, 2.05) is 0 Å². The van der Waals surface area contributed by atoms with Crippen molar-refractivity contribution in [3.63, 3.8) is 0 Å². The first-order chi connectivity index (χ1) is 7.09. The minimum Gasteiger partial charge on any atom is -0.794 e. The first kappa shape index (κ1) is 13.6. The molecule has 0 saturated carbocycles. The van der Waals surface area contributed by atoms with Crippen LogP contribution in [0.3, 0.4) is 0 Å². The van der Waals surface area contributed by atoms with Crippen molar-refractivity contribution in [2.24, 2.45) is 0 Å². The van der Waals surface area contributed by atoms with Gasteiger partial charge in [0.1, 0.15) is 5.82 Å². The van der Waals surface area contributed by atoms with Crippen LogP contribution in [-0.2, 0) is 4.57 Å². The smallest absolute Gasteiger partial charge is 0.794 e. The van der Waals surface area contributed by atoms with E-state index >= 15 is 0 Å². The molecule has 0 aliphatic rings. The summed E-state index contributed by atoms with van der Waals surface area (Å²) in [7, 11) is -3.61. The molecule has 5 nitrogen and oxygen atoms in total. The van der Waals surface area contributed by atoms with Crippen LogP contribution in [0.15, 0.2) is 36.8 Å². The summed E-state index contributed by atoms with van der Waals surface area (Å²) in [6.45, 7) is 1.15. The molecule has 0 fully saturated rings. The zero-order valence-electron chi connectivity index (χ0n) is 9.07. The predicted octanol–water partition coefficient (Wildman–Crippen LogP) is -2.84. The van der Waals surface area contributed by atoms with Gasteiger partial charge in [-0.3, -0.25) is 4.57 Å². The molecule has 2 heterocycles. The van der Waals surface area contributed by atoms with Crippen LogP contribution in [0.5, 0.6) is 0 Å². The third-order valence-electron chi connectivity index (χ3n) is 1.88. The van der Waals surface area contributed by atoms with Gasteiger partial charge in [-0.2, -0.15) is 0 Å². The van der Waals surface area contributed by atoms with E-state index in [1.54, 1.807) is 30.6 Å². The molecule has 2 rings (SSSR count). The minimum atomic E-state index is -3.61. The van der Waals surface area contributed by atoms with Crippen LogP contribution in [-0.4, -0.2) is 21.2 Å². The summed E-state index contributed by atoms with van der Waals surface area (Å²) in [6.07, 6.45) is 4.62. The molecule has 0 amide bonds. The van der Waals surface area contributed by atoms with Gasteiger partial charge < -0.3 is 9.46 Å². The minimum absolute atomic E-state index is 0. The second-order valence-electron chi connectivity index (χ2n) is 3.13. The molecular weight excluding hydrogens is 236 g/mol. The molecule has 7 heteroatoms. The Morgan fingerprint density at radius 3 is 2.62 bits per heavy atom. The largest absolute Gasteiger partial charge is 1.00 e. The van der Waals surface area contributed by atoms with Gasteiger partial charge in [-0.05, 0) is 18.8 Å². The molecule has 0 bridgehead atoms. The number of hydrogen-bond acceptors (Lipinski definition) is 4. The Morgan fingerprint density at radius 2 is 2.06 bits per heavy atom. The summed E-state index contributed by atoms with van der Waals surface area (Å²) in [4.78, 5) is 19.3. The maximum absolute atomic E-state index is 11.4. The van der Waals surface area contributed by atoms with Gasteiger partial charge in [-0.15, -0.1) is 0 Å². The van der Waals surface area contributed by atoms with E-state index in [2.05, 4.69) is 9.97 Å². The molecule has 2 aromatic heterocycles. The van der Waals surface area contributed by atoms with E-state index < -0.39 is 7.37 Å². The summed E-state index contributed by atoms with van der Waals surface area (Å²) in [5, 5.41) is 0. The molecule has 2 aromatic rings. The van der Waals surface area contributed by atoms with Crippen LogP contribution < -0.4 is 40.0 Å². The van der Waals surface area contributed by atoms with Crippen molar-refractivity contribution in [3.8, 4) is 5.82 Å². The van der Waals surface area contributed by atoms with Crippen molar-refractivity contribution in [3.05, 3.63) is 36.8 Å². The van der Waals surface area contributed by atoms with Crippen molar-refractivity contribution in [1.29, 1.82) is 0 Å². The van der Waals surface area contributed by atoms with Crippen molar-refractivity contribution in [2.75, 3.05) is 6.66 Å². The molecule has 0 spiro atoms. The van der Waals surface area contributed by atoms with Gasteiger partial charge in [-0.25, -0.2) is 9.97 Å². The molecular formula is C9H9N3NaO2P. The van der Waals surface area contributed by atoms with Crippen molar-refractivity contribution in [1.82, 2.24) is 14.5 Å². The van der Waals surface area contributed by atoms with Gasteiger partial charge in [0, 0.05) is 18.6 Å². The Morgan fingerprint density at radius 1 is 1.31 bits per heavy atom. The van der Waals surface area contributed by atoms with E-state index in [9.17, 15) is 9.46 Å². The van der Waals surface area contributed by atoms with Crippen LogP contribution in [0.2, 0.25) is 0 Å². The van der Waals surface area contributed by atoms with Crippen molar-refractivity contribution >= 4 is 12.9 Å². The third kappa shape index (κ3) is 2.81. The molecule has 0 aromatic carbocycles. The first-order valence-electron chi connectivity index (χ1n) is 4.33. The van der Waals surface area contributed by atoms with E-state index in [0.717, 1.165) is 6.66 Å².